The van der Waals surface area contributed by atoms with Crippen LogP contribution in [0.3, 0.4) is 0 Å². The molecule has 1 aliphatic carbocycles. The number of hydrogen-bond acceptors (Lipinski definition) is 6. The Bertz CT molecular complexity index is 721. The first-order valence-corrected chi connectivity index (χ1v) is 8.85. The molecule has 1 aliphatic heterocycles. The fraction of sp³-hybridized carbons (Fsp3) is 0.526. The molecule has 1 aromatic rings. The third kappa shape index (κ3) is 3.90. The molecular formula is C19H22N2O5. The van der Waals surface area contributed by atoms with Crippen LogP contribution >= 0.6 is 0 Å². The molecule has 26 heavy (non-hydrogen) atoms. The Kier molecular flexibility index (Phi) is 5.31. The number of nitrogens with zero attached hydrogens (tertiary/aromatic N) is 1. The van der Waals surface area contributed by atoms with Crippen LogP contribution < -0.4 is 14.8 Å². The van der Waals surface area contributed by atoms with Crippen LogP contribution in [0.25, 0.3) is 0 Å². The van der Waals surface area contributed by atoms with Crippen molar-refractivity contribution in [2.75, 3.05) is 6.61 Å². The molecular weight excluding hydrogens is 336 g/mol. The lowest BCUT2D eigenvalue weighted by Crippen LogP contribution is -2.52. The number of amides is 1. The highest BCUT2D eigenvalue weighted by atomic mass is 16.6. The van der Waals surface area contributed by atoms with E-state index in [4.69, 9.17) is 14.2 Å². The first-order valence-electron chi connectivity index (χ1n) is 8.85. The van der Waals surface area contributed by atoms with E-state index in [0.717, 1.165) is 19.3 Å². The Hall–Kier alpha value is -2.75. The number of nitrogens with one attached hydrogen (secondary N) is 1. The highest BCUT2D eigenvalue weighted by molar-refractivity contribution is 5.85. The molecule has 1 heterocycles. The molecule has 138 valence electrons. The van der Waals surface area contributed by atoms with E-state index < -0.39 is 29.6 Å². The van der Waals surface area contributed by atoms with Gasteiger partial charge in [0.15, 0.2) is 17.6 Å². The van der Waals surface area contributed by atoms with Crippen LogP contribution in [-0.2, 0) is 14.3 Å². The standard InChI is InChI=1S/C19H22N2O5/c1-13(17(22)21-19(12-20)9-5-2-6-10-19)25-18(23)16-11-24-14-7-3-4-8-15(14)26-16/h3-4,7-8,13,16H,2,5-6,9-11H2,1H3,(H,21,22)/t13-,16+/m0/s1. The number of carbonyl (C=O) groups is 2. The fourth-order valence-corrected chi connectivity index (χ4v) is 3.20. The molecule has 0 unspecified atom stereocenters. The largest absolute Gasteiger partial charge is 0.485 e. The van der Waals surface area contributed by atoms with Crippen LogP contribution in [0, 0.1) is 11.3 Å². The Labute approximate surface area is 152 Å². The van der Waals surface area contributed by atoms with E-state index in [1.165, 1.54) is 6.92 Å². The van der Waals surface area contributed by atoms with Crippen molar-refractivity contribution in [3.05, 3.63) is 24.3 Å². The Morgan fingerprint density at radius 3 is 2.65 bits per heavy atom. The van der Waals surface area contributed by atoms with Crippen LogP contribution in [0.1, 0.15) is 39.0 Å². The molecule has 0 saturated heterocycles. The highest BCUT2D eigenvalue weighted by Gasteiger charge is 2.36. The van der Waals surface area contributed by atoms with E-state index in [1.807, 2.05) is 6.07 Å². The van der Waals surface area contributed by atoms with E-state index in [0.29, 0.717) is 24.3 Å². The van der Waals surface area contributed by atoms with Crippen LogP contribution in [0.5, 0.6) is 11.5 Å². The third-order valence-corrected chi connectivity index (χ3v) is 4.72. The van der Waals surface area contributed by atoms with E-state index in [1.54, 1.807) is 18.2 Å². The predicted octanol–water partition coefficient (Wildman–Crippen LogP) is 2.10. The summed E-state index contributed by atoms with van der Waals surface area (Å²) in [4.78, 5) is 24.7. The average Bonchev–Trinajstić information content (AvgIpc) is 2.68. The summed E-state index contributed by atoms with van der Waals surface area (Å²) in [5.41, 5.74) is -0.862. The zero-order valence-electron chi connectivity index (χ0n) is 14.7. The minimum Gasteiger partial charge on any atom is -0.485 e. The summed E-state index contributed by atoms with van der Waals surface area (Å²) in [6.45, 7) is 1.51. The van der Waals surface area contributed by atoms with Crippen molar-refractivity contribution in [3.63, 3.8) is 0 Å². The van der Waals surface area contributed by atoms with Gasteiger partial charge in [0.05, 0.1) is 6.07 Å². The van der Waals surface area contributed by atoms with E-state index in [9.17, 15) is 14.9 Å². The molecule has 0 bridgehead atoms. The van der Waals surface area contributed by atoms with Crippen molar-refractivity contribution in [1.82, 2.24) is 5.32 Å². The van der Waals surface area contributed by atoms with Crippen molar-refractivity contribution in [3.8, 4) is 17.6 Å². The summed E-state index contributed by atoms with van der Waals surface area (Å²) in [6.07, 6.45) is 2.14. The molecule has 1 saturated carbocycles. The van der Waals surface area contributed by atoms with Gasteiger partial charge in [0.2, 0.25) is 6.10 Å². The van der Waals surface area contributed by atoms with E-state index in [2.05, 4.69) is 11.4 Å². The maximum absolute atomic E-state index is 12.4. The zero-order valence-corrected chi connectivity index (χ0v) is 14.7. The van der Waals surface area contributed by atoms with Gasteiger partial charge >= 0.3 is 5.97 Å². The molecule has 0 aromatic heterocycles. The number of hydrogen-bond donors (Lipinski definition) is 1. The third-order valence-electron chi connectivity index (χ3n) is 4.72. The molecule has 7 nitrogen and oxygen atoms in total. The molecule has 1 amide bonds. The average molecular weight is 358 g/mol. The maximum Gasteiger partial charge on any atom is 0.351 e. The predicted molar refractivity (Wildman–Crippen MR) is 91.5 cm³/mol. The molecule has 0 radical (unpaired) electrons. The van der Waals surface area contributed by atoms with Gasteiger partial charge in [-0.05, 0) is 31.9 Å². The second kappa shape index (κ2) is 7.65. The Morgan fingerprint density at radius 1 is 1.27 bits per heavy atom. The second-order valence-corrected chi connectivity index (χ2v) is 6.69. The number of ether oxygens (including phenoxy) is 3. The zero-order chi connectivity index (χ0) is 18.6. The lowest BCUT2D eigenvalue weighted by molar-refractivity contribution is -0.164. The SMILES string of the molecule is C[C@H](OC(=O)[C@H]1COc2ccccc2O1)C(=O)NC1(C#N)CCCCC1. The summed E-state index contributed by atoms with van der Waals surface area (Å²) in [6, 6.07) is 9.25. The van der Waals surface area contributed by atoms with E-state index >= 15 is 0 Å². The van der Waals surface area contributed by atoms with Gasteiger partial charge in [-0.1, -0.05) is 31.4 Å². The number of carbonyl (C=O) groups excluding carboxylic acids is 2. The molecule has 1 fully saturated rings. The number of rotatable bonds is 4. The number of para-hydroxylation sites is 2. The van der Waals surface area contributed by atoms with Crippen molar-refractivity contribution in [2.45, 2.75) is 56.8 Å². The van der Waals surface area contributed by atoms with Crippen molar-refractivity contribution < 1.29 is 23.8 Å². The Balaban J connectivity index is 1.56. The summed E-state index contributed by atoms with van der Waals surface area (Å²) >= 11 is 0. The topological polar surface area (TPSA) is 97.7 Å². The lowest BCUT2D eigenvalue weighted by atomic mass is 9.83. The van der Waals surface area contributed by atoms with Crippen molar-refractivity contribution in [1.29, 1.82) is 5.26 Å². The van der Waals surface area contributed by atoms with Gasteiger partial charge in [0.25, 0.3) is 5.91 Å². The van der Waals surface area contributed by atoms with E-state index in [-0.39, 0.29) is 6.61 Å². The molecule has 1 aromatic carbocycles. The monoisotopic (exact) mass is 358 g/mol. The molecule has 0 spiro atoms. The fourth-order valence-electron chi connectivity index (χ4n) is 3.20. The second-order valence-electron chi connectivity index (χ2n) is 6.69. The van der Waals surface area contributed by atoms with Crippen molar-refractivity contribution in [2.24, 2.45) is 0 Å². The molecule has 7 heteroatoms. The van der Waals surface area contributed by atoms with Crippen LogP contribution in [0.4, 0.5) is 0 Å². The summed E-state index contributed by atoms with van der Waals surface area (Å²) in [5, 5.41) is 12.2. The summed E-state index contributed by atoms with van der Waals surface area (Å²) in [5.74, 6) is -0.116. The summed E-state index contributed by atoms with van der Waals surface area (Å²) < 4.78 is 16.3. The quantitative estimate of drug-likeness (QED) is 0.828. The first-order chi connectivity index (χ1) is 12.5. The van der Waals surface area contributed by atoms with Gasteiger partial charge in [0.1, 0.15) is 12.1 Å². The van der Waals surface area contributed by atoms with Gasteiger partial charge < -0.3 is 19.5 Å². The molecule has 2 atom stereocenters. The van der Waals surface area contributed by atoms with Gasteiger partial charge in [-0.25, -0.2) is 4.79 Å². The van der Waals surface area contributed by atoms with Gasteiger partial charge in [-0.3, -0.25) is 4.79 Å². The number of esters is 1. The van der Waals surface area contributed by atoms with Crippen LogP contribution in [0.15, 0.2) is 24.3 Å². The van der Waals surface area contributed by atoms with Gasteiger partial charge in [-0.2, -0.15) is 5.26 Å². The summed E-state index contributed by atoms with van der Waals surface area (Å²) in [7, 11) is 0. The van der Waals surface area contributed by atoms with Gasteiger partial charge in [-0.15, -0.1) is 0 Å². The minimum atomic E-state index is -1.02. The smallest absolute Gasteiger partial charge is 0.351 e. The van der Waals surface area contributed by atoms with Crippen LogP contribution in [0.2, 0.25) is 0 Å². The Morgan fingerprint density at radius 2 is 1.96 bits per heavy atom. The molecule has 2 aliphatic rings. The highest BCUT2D eigenvalue weighted by Crippen LogP contribution is 2.31. The molecule has 3 rings (SSSR count). The number of fused-ring (bicyclic) bond motifs is 1. The maximum atomic E-state index is 12.4. The van der Waals surface area contributed by atoms with Gasteiger partial charge in [0, 0.05) is 0 Å². The first kappa shape index (κ1) is 18.1. The normalized spacial score (nSPS) is 21.8. The number of benzene rings is 1. The minimum absolute atomic E-state index is 0.0202. The van der Waals surface area contributed by atoms with Crippen LogP contribution in [-0.4, -0.2) is 36.2 Å². The van der Waals surface area contributed by atoms with Crippen molar-refractivity contribution >= 4 is 11.9 Å². The number of nitriles is 1. The lowest BCUT2D eigenvalue weighted by Gasteiger charge is -2.32. The molecule has 1 N–H and O–H groups in total.